The zero-order valence-corrected chi connectivity index (χ0v) is 15.7. The molecule has 29 heavy (non-hydrogen) atoms. The lowest BCUT2D eigenvalue weighted by molar-refractivity contribution is 0.310. The van der Waals surface area contributed by atoms with Crippen LogP contribution in [0.2, 0.25) is 0 Å². The molecule has 0 spiro atoms. The number of hydrogen-bond acceptors (Lipinski definition) is 10. The van der Waals surface area contributed by atoms with Crippen molar-refractivity contribution in [1.29, 1.82) is 0 Å². The lowest BCUT2D eigenvalue weighted by Gasteiger charge is -2.26. The molecule has 1 fully saturated rings. The summed E-state index contributed by atoms with van der Waals surface area (Å²) in [6.07, 6.45) is 3.47. The van der Waals surface area contributed by atoms with E-state index in [4.69, 9.17) is 16.1 Å². The first-order valence-corrected chi connectivity index (χ1v) is 9.48. The van der Waals surface area contributed by atoms with Gasteiger partial charge in [0.05, 0.1) is 17.6 Å². The van der Waals surface area contributed by atoms with Crippen LogP contribution in [0.15, 0.2) is 28.9 Å². The van der Waals surface area contributed by atoms with Gasteiger partial charge in [-0.05, 0) is 41.7 Å². The van der Waals surface area contributed by atoms with Gasteiger partial charge in [0.2, 0.25) is 11.9 Å². The summed E-state index contributed by atoms with van der Waals surface area (Å²) >= 11 is 0. The summed E-state index contributed by atoms with van der Waals surface area (Å²) < 4.78 is 6.70. The van der Waals surface area contributed by atoms with Crippen LogP contribution in [0.4, 0.5) is 17.7 Å². The van der Waals surface area contributed by atoms with Gasteiger partial charge in [0.15, 0.2) is 23.2 Å². The second-order valence-electron chi connectivity index (χ2n) is 6.97. The molecule has 0 radical (unpaired) electrons. The van der Waals surface area contributed by atoms with E-state index in [-0.39, 0.29) is 11.8 Å². The fourth-order valence-electron chi connectivity index (χ4n) is 3.64. The number of aromatic nitrogens is 7. The molecule has 3 aromatic heterocycles. The molecule has 0 atom stereocenters. The van der Waals surface area contributed by atoms with E-state index in [0.717, 1.165) is 37.0 Å². The Bertz CT molecular complexity index is 1160. The van der Waals surface area contributed by atoms with E-state index >= 15 is 0 Å². The molecule has 0 amide bonds. The molecule has 0 bridgehead atoms. The maximum Gasteiger partial charge on any atom is 0.230 e. The predicted molar refractivity (Wildman–Crippen MR) is 107 cm³/mol. The lowest BCUT2D eigenvalue weighted by Crippen LogP contribution is -2.31. The summed E-state index contributed by atoms with van der Waals surface area (Å²) in [5, 5.41) is 7.58. The molecule has 1 aromatic carbocycles. The molecule has 11 nitrogen and oxygen atoms in total. The number of hydrogen-bond donors (Lipinski definition) is 2. The van der Waals surface area contributed by atoms with Crippen molar-refractivity contribution < 1.29 is 4.63 Å². The van der Waals surface area contributed by atoms with Crippen LogP contribution in [-0.4, -0.2) is 47.9 Å². The number of imidazole rings is 1. The van der Waals surface area contributed by atoms with Gasteiger partial charge in [-0.25, -0.2) is 9.61 Å². The first kappa shape index (κ1) is 17.3. The van der Waals surface area contributed by atoms with E-state index in [9.17, 15) is 0 Å². The smallest absolute Gasteiger partial charge is 0.230 e. The summed E-state index contributed by atoms with van der Waals surface area (Å²) in [7, 11) is 0. The summed E-state index contributed by atoms with van der Waals surface area (Å²) in [6.45, 7) is 2.17. The maximum absolute atomic E-state index is 5.99. The summed E-state index contributed by atoms with van der Waals surface area (Å²) in [5.74, 6) is 2.05. The van der Waals surface area contributed by atoms with Gasteiger partial charge in [-0.15, -0.1) is 0 Å². The van der Waals surface area contributed by atoms with Crippen molar-refractivity contribution in [3.63, 3.8) is 0 Å². The molecule has 4 N–H and O–H groups in total. The van der Waals surface area contributed by atoms with Crippen molar-refractivity contribution in [2.24, 2.45) is 0 Å². The number of anilines is 3. The monoisotopic (exact) mass is 392 g/mol. The van der Waals surface area contributed by atoms with E-state index in [1.54, 1.807) is 0 Å². The van der Waals surface area contributed by atoms with Gasteiger partial charge >= 0.3 is 0 Å². The van der Waals surface area contributed by atoms with Gasteiger partial charge < -0.3 is 20.9 Å². The van der Waals surface area contributed by atoms with E-state index in [2.05, 4.69) is 35.1 Å². The Labute approximate surface area is 165 Å². The second kappa shape index (κ2) is 7.00. The molecule has 4 aromatic rings. The van der Waals surface area contributed by atoms with Crippen LogP contribution >= 0.6 is 0 Å². The predicted octanol–water partition coefficient (Wildman–Crippen LogP) is 1.47. The third-order valence-corrected chi connectivity index (χ3v) is 5.01. The number of nitrogens with two attached hydrogens (primary N) is 2. The number of fused-ring (bicyclic) bond motifs is 1. The quantitative estimate of drug-likeness (QED) is 0.522. The standard InChI is InChI=1S/C18H20N10O/c19-15-14(25-29-26-15)16-21-11-6-2-3-7-12(11)28(16)10-13-22-17(20)24-18(23-13)27-8-4-1-5-9-27/h2-3,6-7H,1,4-5,8-10H2,(H2,19,26)(H2,20,22,23,24). The molecule has 4 heterocycles. The summed E-state index contributed by atoms with van der Waals surface area (Å²) in [5.41, 5.74) is 14.0. The average Bonchev–Trinajstić information content (AvgIpc) is 3.32. The van der Waals surface area contributed by atoms with Crippen LogP contribution in [0.5, 0.6) is 0 Å². The Kier molecular flexibility index (Phi) is 4.19. The molecular weight excluding hydrogens is 372 g/mol. The molecule has 11 heteroatoms. The summed E-state index contributed by atoms with van der Waals surface area (Å²) in [6, 6.07) is 7.74. The number of benzene rings is 1. The highest BCUT2D eigenvalue weighted by atomic mass is 16.6. The van der Waals surface area contributed by atoms with Crippen molar-refractivity contribution >= 4 is 28.7 Å². The first-order valence-electron chi connectivity index (χ1n) is 9.48. The maximum atomic E-state index is 5.99. The van der Waals surface area contributed by atoms with Crippen molar-refractivity contribution in [1.82, 2.24) is 34.8 Å². The van der Waals surface area contributed by atoms with Gasteiger partial charge in [0.1, 0.15) is 0 Å². The molecule has 5 rings (SSSR count). The molecule has 0 unspecified atom stereocenters. The van der Waals surface area contributed by atoms with E-state index in [1.165, 1.54) is 6.42 Å². The van der Waals surface area contributed by atoms with Crippen molar-refractivity contribution in [3.8, 4) is 11.5 Å². The average molecular weight is 392 g/mol. The number of piperidine rings is 1. The van der Waals surface area contributed by atoms with E-state index in [1.807, 2.05) is 28.8 Å². The van der Waals surface area contributed by atoms with Crippen LogP contribution in [0.25, 0.3) is 22.6 Å². The number of nitrogens with zero attached hydrogens (tertiary/aromatic N) is 8. The van der Waals surface area contributed by atoms with Gasteiger partial charge in [-0.1, -0.05) is 12.1 Å². The van der Waals surface area contributed by atoms with Crippen molar-refractivity contribution in [3.05, 3.63) is 30.1 Å². The van der Waals surface area contributed by atoms with Crippen molar-refractivity contribution in [2.75, 3.05) is 29.5 Å². The van der Waals surface area contributed by atoms with Gasteiger partial charge in [0.25, 0.3) is 0 Å². The molecule has 0 saturated carbocycles. The molecular formula is C18H20N10O. The third kappa shape index (κ3) is 3.20. The number of rotatable bonds is 4. The van der Waals surface area contributed by atoms with Gasteiger partial charge in [0, 0.05) is 13.1 Å². The Morgan fingerprint density at radius 3 is 2.55 bits per heavy atom. The Morgan fingerprint density at radius 2 is 1.76 bits per heavy atom. The second-order valence-corrected chi connectivity index (χ2v) is 6.97. The topological polar surface area (TPSA) is 151 Å². The number of para-hydroxylation sites is 2. The first-order chi connectivity index (χ1) is 14.2. The molecule has 1 saturated heterocycles. The van der Waals surface area contributed by atoms with Crippen LogP contribution in [0.1, 0.15) is 25.1 Å². The Morgan fingerprint density at radius 1 is 0.931 bits per heavy atom. The van der Waals surface area contributed by atoms with Gasteiger partial charge in [-0.3, -0.25) is 0 Å². The highest BCUT2D eigenvalue weighted by Gasteiger charge is 2.21. The zero-order chi connectivity index (χ0) is 19.8. The SMILES string of the molecule is Nc1nc(Cn2c(-c3nonc3N)nc3ccccc32)nc(N2CCCCC2)n1. The minimum atomic E-state index is 0.172. The molecule has 148 valence electrons. The molecule has 1 aliphatic rings. The largest absolute Gasteiger partial charge is 0.379 e. The molecule has 0 aliphatic carbocycles. The van der Waals surface area contributed by atoms with Crippen LogP contribution < -0.4 is 16.4 Å². The fourth-order valence-corrected chi connectivity index (χ4v) is 3.64. The van der Waals surface area contributed by atoms with Crippen LogP contribution in [0.3, 0.4) is 0 Å². The van der Waals surface area contributed by atoms with Crippen LogP contribution in [0, 0.1) is 0 Å². The van der Waals surface area contributed by atoms with Crippen LogP contribution in [-0.2, 0) is 6.54 Å². The van der Waals surface area contributed by atoms with E-state index in [0.29, 0.717) is 29.8 Å². The fraction of sp³-hybridized carbons (Fsp3) is 0.333. The third-order valence-electron chi connectivity index (χ3n) is 5.01. The minimum absolute atomic E-state index is 0.172. The highest BCUT2D eigenvalue weighted by Crippen LogP contribution is 2.27. The Balaban J connectivity index is 1.58. The van der Waals surface area contributed by atoms with Crippen molar-refractivity contribution in [2.45, 2.75) is 25.8 Å². The lowest BCUT2D eigenvalue weighted by atomic mass is 10.1. The van der Waals surface area contributed by atoms with Gasteiger partial charge in [-0.2, -0.15) is 15.0 Å². The summed E-state index contributed by atoms with van der Waals surface area (Å²) in [4.78, 5) is 20.2. The Hall–Kier alpha value is -3.76. The molecule has 1 aliphatic heterocycles. The highest BCUT2D eigenvalue weighted by molar-refractivity contribution is 5.81. The van der Waals surface area contributed by atoms with E-state index < -0.39 is 0 Å². The number of nitrogen functional groups attached to an aromatic ring is 2. The minimum Gasteiger partial charge on any atom is -0.379 e. The normalized spacial score (nSPS) is 14.6. The zero-order valence-electron chi connectivity index (χ0n) is 15.7.